The van der Waals surface area contributed by atoms with E-state index in [2.05, 4.69) is 43.5 Å². The van der Waals surface area contributed by atoms with Crippen LogP contribution in [0.5, 0.6) is 0 Å². The van der Waals surface area contributed by atoms with E-state index in [-0.39, 0.29) is 18.9 Å². The van der Waals surface area contributed by atoms with E-state index in [1.165, 1.54) is 302 Å². The van der Waals surface area contributed by atoms with Crippen LogP contribution in [0.3, 0.4) is 0 Å². The fourth-order valence-corrected chi connectivity index (χ4v) is 15.2. The number of hydrogen-bond donors (Lipinski definition) is 12. The van der Waals surface area contributed by atoms with Crippen LogP contribution in [0.15, 0.2) is 24.3 Å². The lowest BCUT2D eigenvalue weighted by molar-refractivity contribution is -0.379. The van der Waals surface area contributed by atoms with Crippen LogP contribution in [0.2, 0.25) is 0 Å². The Morgan fingerprint density at radius 3 is 0.971 bits per heavy atom. The number of aliphatic hydroxyl groups is 11. The van der Waals surface area contributed by atoms with Crippen molar-refractivity contribution >= 4 is 5.91 Å². The van der Waals surface area contributed by atoms with Crippen LogP contribution in [0.1, 0.15) is 386 Å². The smallest absolute Gasteiger partial charge is 0.220 e. The molecule has 3 rings (SSSR count). The molecule has 0 spiro atoms. The van der Waals surface area contributed by atoms with Gasteiger partial charge in [-0.2, -0.15) is 0 Å². The molecule has 0 aromatic heterocycles. The van der Waals surface area contributed by atoms with Crippen molar-refractivity contribution in [1.82, 2.24) is 5.32 Å². The van der Waals surface area contributed by atoms with Gasteiger partial charge in [-0.3, -0.25) is 4.79 Å². The number of carbonyl (C=O) groups is 1. The van der Waals surface area contributed by atoms with Gasteiger partial charge >= 0.3 is 0 Å². The second kappa shape index (κ2) is 66.8. The van der Waals surface area contributed by atoms with Crippen LogP contribution in [-0.4, -0.2) is 193 Å². The molecule has 0 aromatic carbocycles. The topological polar surface area (TPSA) is 307 Å². The summed E-state index contributed by atoms with van der Waals surface area (Å²) in [6.07, 6.45) is 55.9. The lowest BCUT2D eigenvalue weighted by atomic mass is 9.96. The maximum Gasteiger partial charge on any atom is 0.220 e. The van der Waals surface area contributed by atoms with Gasteiger partial charge in [0.15, 0.2) is 18.9 Å². The van der Waals surface area contributed by atoms with Crippen LogP contribution in [0.25, 0.3) is 0 Å². The summed E-state index contributed by atoms with van der Waals surface area (Å²) >= 11 is 0. The zero-order valence-electron chi connectivity index (χ0n) is 66.7. The Hall–Kier alpha value is -1.73. The normalized spacial score (nSPS) is 25.8. The van der Waals surface area contributed by atoms with E-state index in [0.717, 1.165) is 51.4 Å². The van der Waals surface area contributed by atoms with Crippen molar-refractivity contribution in [2.45, 2.75) is 491 Å². The Bertz CT molecular complexity index is 1990. The molecule has 3 saturated heterocycles. The second-order valence-corrected chi connectivity index (χ2v) is 31.7. The molecule has 17 unspecified atom stereocenters. The Kier molecular flexibility index (Phi) is 62.0. The first-order valence-corrected chi connectivity index (χ1v) is 44.1. The molecule has 3 aliphatic heterocycles. The molecule has 3 heterocycles. The van der Waals surface area contributed by atoms with Gasteiger partial charge in [-0.15, -0.1) is 0 Å². The van der Waals surface area contributed by atoms with E-state index in [1.54, 1.807) is 0 Å². The number of amides is 1. The Morgan fingerprint density at radius 2 is 0.629 bits per heavy atom. The average molecular weight is 1500 g/mol. The zero-order valence-corrected chi connectivity index (χ0v) is 66.7. The van der Waals surface area contributed by atoms with Crippen molar-refractivity contribution in [3.8, 4) is 0 Å². The quantitative estimate of drug-likeness (QED) is 0.0199. The summed E-state index contributed by atoms with van der Waals surface area (Å²) in [5, 5.41) is 121. The van der Waals surface area contributed by atoms with Crippen LogP contribution >= 0.6 is 0 Å². The highest BCUT2D eigenvalue weighted by atomic mass is 16.8. The Morgan fingerprint density at radius 1 is 0.343 bits per heavy atom. The highest BCUT2D eigenvalue weighted by molar-refractivity contribution is 5.76. The largest absolute Gasteiger partial charge is 0.394 e. The van der Waals surface area contributed by atoms with Crippen molar-refractivity contribution in [1.29, 1.82) is 0 Å². The van der Waals surface area contributed by atoms with Gasteiger partial charge in [0.2, 0.25) is 5.91 Å². The fraction of sp³-hybridized carbons (Fsp3) is 0.942. The lowest BCUT2D eigenvalue weighted by Crippen LogP contribution is -2.66. The van der Waals surface area contributed by atoms with E-state index >= 15 is 0 Å². The molecule has 0 saturated carbocycles. The first kappa shape index (κ1) is 97.5. The molecule has 1 amide bonds. The van der Waals surface area contributed by atoms with Gasteiger partial charge in [-0.1, -0.05) is 359 Å². The highest BCUT2D eigenvalue weighted by Gasteiger charge is 2.54. The number of allylic oxidation sites excluding steroid dienone is 4. The number of rotatable bonds is 72. The molecule has 3 fully saturated rings. The molecular weight excluding hydrogens is 1330 g/mol. The minimum absolute atomic E-state index is 0.233. The van der Waals surface area contributed by atoms with Gasteiger partial charge in [0.1, 0.15) is 73.2 Å². The standard InChI is InChI=1S/C86H163NO18/c1-3-5-7-9-11-13-15-17-19-21-23-24-25-26-27-28-29-30-31-32-33-34-35-36-37-38-39-40-41-42-43-44-46-48-50-52-54-56-58-60-62-64-74(92)87-69(70(91)63-61-59-57-55-53-51-49-47-45-22-20-18-16-14-12-10-8-6-4-2)68-100-84-80(98)77(95)82(72(66-89)102-84)105-86-81(99)78(96)83(73(67-90)103-86)104-85-79(97)76(94)75(93)71(65-88)101-85/h15,17,21,23,69-73,75-86,88-91,93-99H,3-14,16,18-20,22,24-68H2,1-2H3,(H,87,92)/b17-15-,23-21-. The number of carbonyl (C=O) groups excluding carboxylic acids is 1. The first-order valence-electron chi connectivity index (χ1n) is 44.1. The maximum absolute atomic E-state index is 13.5. The van der Waals surface area contributed by atoms with Crippen molar-refractivity contribution in [3.63, 3.8) is 0 Å². The molecule has 0 aromatic rings. The third kappa shape index (κ3) is 46.1. The van der Waals surface area contributed by atoms with Gasteiger partial charge in [-0.25, -0.2) is 0 Å². The molecular formula is C86H163NO18. The monoisotopic (exact) mass is 1500 g/mol. The summed E-state index contributed by atoms with van der Waals surface area (Å²) in [5.74, 6) is -0.233. The predicted octanol–water partition coefficient (Wildman–Crippen LogP) is 16.1. The van der Waals surface area contributed by atoms with E-state index < -0.39 is 124 Å². The number of unbranched alkanes of at least 4 members (excludes halogenated alkanes) is 52. The molecule has 12 N–H and O–H groups in total. The highest BCUT2D eigenvalue weighted by Crippen LogP contribution is 2.34. The van der Waals surface area contributed by atoms with Crippen LogP contribution in [-0.2, 0) is 33.2 Å². The lowest BCUT2D eigenvalue weighted by Gasteiger charge is -2.48. The number of aliphatic hydroxyl groups excluding tert-OH is 11. The minimum Gasteiger partial charge on any atom is -0.394 e. The molecule has 17 atom stereocenters. The number of ether oxygens (including phenoxy) is 6. The summed E-state index contributed by atoms with van der Waals surface area (Å²) in [7, 11) is 0. The van der Waals surface area contributed by atoms with Crippen LogP contribution < -0.4 is 5.32 Å². The van der Waals surface area contributed by atoms with Crippen molar-refractivity contribution < 1.29 is 89.4 Å². The third-order valence-electron chi connectivity index (χ3n) is 22.3. The summed E-state index contributed by atoms with van der Waals surface area (Å²) in [4.78, 5) is 13.5. The molecule has 0 aliphatic carbocycles. The second-order valence-electron chi connectivity index (χ2n) is 31.7. The van der Waals surface area contributed by atoms with Gasteiger partial charge in [0.05, 0.1) is 38.6 Å². The van der Waals surface area contributed by atoms with Crippen molar-refractivity contribution in [3.05, 3.63) is 24.3 Å². The molecule has 105 heavy (non-hydrogen) atoms. The zero-order chi connectivity index (χ0) is 76.0. The summed E-state index contributed by atoms with van der Waals surface area (Å²) < 4.78 is 34.6. The summed E-state index contributed by atoms with van der Waals surface area (Å²) in [6.45, 7) is 1.85. The van der Waals surface area contributed by atoms with Crippen molar-refractivity contribution in [2.24, 2.45) is 0 Å². The van der Waals surface area contributed by atoms with Crippen molar-refractivity contribution in [2.75, 3.05) is 26.4 Å². The molecule has 19 heteroatoms. The van der Waals surface area contributed by atoms with Gasteiger partial charge in [0, 0.05) is 6.42 Å². The molecule has 19 nitrogen and oxygen atoms in total. The van der Waals surface area contributed by atoms with E-state index in [4.69, 9.17) is 28.4 Å². The Balaban J connectivity index is 1.27. The Labute approximate surface area is 638 Å². The fourth-order valence-electron chi connectivity index (χ4n) is 15.2. The van der Waals surface area contributed by atoms with Gasteiger partial charge in [0.25, 0.3) is 0 Å². The summed E-state index contributed by atoms with van der Waals surface area (Å²) in [6, 6.07) is -0.885. The van der Waals surface area contributed by atoms with Crippen LogP contribution in [0, 0.1) is 0 Å². The number of nitrogens with one attached hydrogen (secondary N) is 1. The molecule has 0 radical (unpaired) electrons. The van der Waals surface area contributed by atoms with Gasteiger partial charge in [-0.05, 0) is 44.9 Å². The summed E-state index contributed by atoms with van der Waals surface area (Å²) in [5.41, 5.74) is 0. The van der Waals surface area contributed by atoms with E-state index in [9.17, 15) is 61.0 Å². The first-order chi connectivity index (χ1) is 51.3. The van der Waals surface area contributed by atoms with Gasteiger partial charge < -0.3 is 89.9 Å². The van der Waals surface area contributed by atoms with Crippen LogP contribution in [0.4, 0.5) is 0 Å². The number of hydrogen-bond acceptors (Lipinski definition) is 18. The molecule has 0 bridgehead atoms. The molecule has 3 aliphatic rings. The van der Waals surface area contributed by atoms with E-state index in [0.29, 0.717) is 12.8 Å². The molecule has 620 valence electrons. The third-order valence-corrected chi connectivity index (χ3v) is 22.3. The average Bonchev–Trinajstić information content (AvgIpc) is 0.781. The van der Waals surface area contributed by atoms with E-state index in [1.807, 2.05) is 0 Å². The SMILES string of the molecule is CCCCCCC/C=C\C/C=C\CCCCCCCCCCCCCCCCCCCCCCCCCCCCCCCC(=O)NC(COC1OC(CO)C(OC2OC(CO)C(OC3OC(CO)C(O)C(O)C3O)C(O)C2O)C(O)C1O)C(O)CCCCCCCCCCCCCCCCCCCCC. The predicted molar refractivity (Wildman–Crippen MR) is 420 cm³/mol. The minimum atomic E-state index is -1.97. The maximum atomic E-state index is 13.5.